The van der Waals surface area contributed by atoms with Crippen molar-refractivity contribution in [2.75, 3.05) is 19.5 Å². The molecule has 3 aromatic rings. The molecule has 1 aromatic heterocycles. The lowest BCUT2D eigenvalue weighted by Gasteiger charge is -2.16. The van der Waals surface area contributed by atoms with Crippen LogP contribution in [0.4, 0.5) is 5.69 Å². The Labute approximate surface area is 155 Å². The van der Waals surface area contributed by atoms with Gasteiger partial charge in [0.1, 0.15) is 17.0 Å². The predicted molar refractivity (Wildman–Crippen MR) is 97.1 cm³/mol. The number of ether oxygens (including phenoxy) is 3. The van der Waals surface area contributed by atoms with Crippen LogP contribution in [0.1, 0.15) is 17.3 Å². The molecule has 0 radical (unpaired) electrons. The maximum absolute atomic E-state index is 12.4. The van der Waals surface area contributed by atoms with Crippen molar-refractivity contribution < 1.29 is 28.2 Å². The van der Waals surface area contributed by atoms with Gasteiger partial charge in [-0.05, 0) is 37.3 Å². The lowest BCUT2D eigenvalue weighted by atomic mass is 10.2. The maximum Gasteiger partial charge on any atom is 0.339 e. The molecule has 8 heteroatoms. The zero-order valence-electron chi connectivity index (χ0n) is 15.0. The molecule has 8 nitrogen and oxygen atoms in total. The largest absolute Gasteiger partial charge is 0.497 e. The van der Waals surface area contributed by atoms with E-state index in [1.807, 2.05) is 0 Å². The predicted octanol–water partition coefficient (Wildman–Crippen LogP) is 3.03. The van der Waals surface area contributed by atoms with Crippen molar-refractivity contribution in [3.8, 4) is 11.5 Å². The fourth-order valence-electron chi connectivity index (χ4n) is 2.41. The van der Waals surface area contributed by atoms with E-state index < -0.39 is 18.0 Å². The summed E-state index contributed by atoms with van der Waals surface area (Å²) in [5, 5.41) is 2.67. The Hall–Kier alpha value is -3.55. The van der Waals surface area contributed by atoms with Gasteiger partial charge in [0, 0.05) is 6.07 Å². The van der Waals surface area contributed by atoms with Crippen LogP contribution in [0, 0.1) is 0 Å². The third kappa shape index (κ3) is 4.00. The highest BCUT2D eigenvalue weighted by molar-refractivity contribution is 5.99. The molecular weight excluding hydrogens is 352 g/mol. The molecule has 3 rings (SSSR count). The zero-order chi connectivity index (χ0) is 19.4. The number of methoxy groups -OCH3 is 2. The van der Waals surface area contributed by atoms with Gasteiger partial charge in [-0.3, -0.25) is 4.79 Å². The number of nitrogens with zero attached hydrogens (tertiary/aromatic N) is 1. The number of hydrogen-bond donors (Lipinski definition) is 1. The minimum Gasteiger partial charge on any atom is -0.497 e. The molecule has 1 N–H and O–H groups in total. The van der Waals surface area contributed by atoms with Gasteiger partial charge in [0.15, 0.2) is 18.1 Å². The van der Waals surface area contributed by atoms with E-state index in [-0.39, 0.29) is 5.56 Å². The van der Waals surface area contributed by atoms with Crippen LogP contribution in [0.25, 0.3) is 11.1 Å². The maximum atomic E-state index is 12.4. The Morgan fingerprint density at radius 2 is 1.93 bits per heavy atom. The van der Waals surface area contributed by atoms with E-state index >= 15 is 0 Å². The van der Waals surface area contributed by atoms with E-state index in [2.05, 4.69) is 10.3 Å². The molecule has 0 spiro atoms. The van der Waals surface area contributed by atoms with E-state index in [1.165, 1.54) is 33.6 Å². The molecule has 2 aromatic carbocycles. The SMILES string of the molecule is COc1ccc(OC)c(NC(=O)C(C)OC(=O)c2ccc3ncoc3c2)c1. The van der Waals surface area contributed by atoms with Crippen LogP contribution >= 0.6 is 0 Å². The second-order valence-corrected chi connectivity index (χ2v) is 5.64. The standard InChI is InChI=1S/C19H18N2O6/c1-11(18(22)21-15-9-13(24-2)5-7-16(15)25-3)27-19(23)12-4-6-14-17(8-12)26-10-20-14/h4-11H,1-3H3,(H,21,22). The molecule has 1 unspecified atom stereocenters. The first-order valence-corrected chi connectivity index (χ1v) is 8.09. The number of amides is 1. The molecule has 0 saturated carbocycles. The van der Waals surface area contributed by atoms with Crippen LogP contribution in [-0.4, -0.2) is 37.2 Å². The molecular formula is C19H18N2O6. The third-order valence-corrected chi connectivity index (χ3v) is 3.88. The number of aromatic nitrogens is 1. The van der Waals surface area contributed by atoms with Crippen LogP contribution in [-0.2, 0) is 9.53 Å². The fourth-order valence-corrected chi connectivity index (χ4v) is 2.41. The number of oxazole rings is 1. The topological polar surface area (TPSA) is 99.9 Å². The average Bonchev–Trinajstić information content (AvgIpc) is 3.15. The summed E-state index contributed by atoms with van der Waals surface area (Å²) in [4.78, 5) is 28.7. The van der Waals surface area contributed by atoms with Gasteiger partial charge >= 0.3 is 5.97 Å². The number of fused-ring (bicyclic) bond motifs is 1. The van der Waals surface area contributed by atoms with Gasteiger partial charge < -0.3 is 23.9 Å². The summed E-state index contributed by atoms with van der Waals surface area (Å²) in [6.45, 7) is 1.48. The number of carbonyl (C=O) groups excluding carboxylic acids is 2. The molecule has 27 heavy (non-hydrogen) atoms. The molecule has 0 aliphatic heterocycles. The third-order valence-electron chi connectivity index (χ3n) is 3.88. The second kappa shape index (κ2) is 7.77. The molecule has 0 aliphatic carbocycles. The van der Waals surface area contributed by atoms with Crippen LogP contribution in [0.3, 0.4) is 0 Å². The number of nitrogens with one attached hydrogen (secondary N) is 1. The van der Waals surface area contributed by atoms with E-state index in [4.69, 9.17) is 18.6 Å². The average molecular weight is 370 g/mol. The Morgan fingerprint density at radius 3 is 2.67 bits per heavy atom. The van der Waals surface area contributed by atoms with Crippen LogP contribution < -0.4 is 14.8 Å². The van der Waals surface area contributed by atoms with Crippen molar-refractivity contribution in [1.29, 1.82) is 0 Å². The lowest BCUT2D eigenvalue weighted by molar-refractivity contribution is -0.123. The molecule has 0 bridgehead atoms. The highest BCUT2D eigenvalue weighted by atomic mass is 16.5. The van der Waals surface area contributed by atoms with Gasteiger partial charge in [0.25, 0.3) is 5.91 Å². The minimum atomic E-state index is -1.03. The Morgan fingerprint density at radius 1 is 1.11 bits per heavy atom. The summed E-state index contributed by atoms with van der Waals surface area (Å²) < 4.78 is 20.8. The number of anilines is 1. The summed E-state index contributed by atoms with van der Waals surface area (Å²) in [5.41, 5.74) is 1.76. The van der Waals surface area contributed by atoms with Crippen molar-refractivity contribution in [1.82, 2.24) is 4.98 Å². The first-order valence-electron chi connectivity index (χ1n) is 8.09. The van der Waals surface area contributed by atoms with E-state index in [0.717, 1.165) is 0 Å². The second-order valence-electron chi connectivity index (χ2n) is 5.64. The summed E-state index contributed by atoms with van der Waals surface area (Å²) >= 11 is 0. The molecule has 0 fully saturated rings. The summed E-state index contributed by atoms with van der Waals surface area (Å²) in [7, 11) is 3.00. The summed E-state index contributed by atoms with van der Waals surface area (Å²) in [6, 6.07) is 9.70. The Balaban J connectivity index is 1.69. The van der Waals surface area contributed by atoms with Crippen LogP contribution in [0.5, 0.6) is 11.5 Å². The number of rotatable bonds is 6. The number of benzene rings is 2. The number of carbonyl (C=O) groups is 2. The van der Waals surface area contributed by atoms with Crippen molar-refractivity contribution in [3.05, 3.63) is 48.4 Å². The quantitative estimate of drug-likeness (QED) is 0.666. The molecule has 1 atom stereocenters. The van der Waals surface area contributed by atoms with Gasteiger partial charge in [-0.2, -0.15) is 0 Å². The lowest BCUT2D eigenvalue weighted by Crippen LogP contribution is -2.30. The molecule has 1 amide bonds. The van der Waals surface area contributed by atoms with Gasteiger partial charge in [0.2, 0.25) is 0 Å². The van der Waals surface area contributed by atoms with Gasteiger partial charge in [-0.15, -0.1) is 0 Å². The highest BCUT2D eigenvalue weighted by Crippen LogP contribution is 2.29. The van der Waals surface area contributed by atoms with E-state index in [9.17, 15) is 9.59 Å². The van der Waals surface area contributed by atoms with Gasteiger partial charge in [-0.1, -0.05) is 0 Å². The monoisotopic (exact) mass is 370 g/mol. The van der Waals surface area contributed by atoms with Gasteiger partial charge in [-0.25, -0.2) is 9.78 Å². The van der Waals surface area contributed by atoms with Crippen molar-refractivity contribution in [2.24, 2.45) is 0 Å². The van der Waals surface area contributed by atoms with Crippen LogP contribution in [0.2, 0.25) is 0 Å². The van der Waals surface area contributed by atoms with Crippen molar-refractivity contribution in [3.63, 3.8) is 0 Å². The minimum absolute atomic E-state index is 0.262. The van der Waals surface area contributed by atoms with Crippen molar-refractivity contribution in [2.45, 2.75) is 13.0 Å². The first-order chi connectivity index (χ1) is 13.0. The Bertz CT molecular complexity index is 981. The van der Waals surface area contributed by atoms with E-state index in [0.29, 0.717) is 28.3 Å². The molecule has 140 valence electrons. The first kappa shape index (κ1) is 18.2. The molecule has 0 saturated heterocycles. The van der Waals surface area contributed by atoms with Crippen molar-refractivity contribution >= 4 is 28.7 Å². The summed E-state index contributed by atoms with van der Waals surface area (Å²) in [5.74, 6) is -0.140. The smallest absolute Gasteiger partial charge is 0.339 e. The Kier molecular flexibility index (Phi) is 5.25. The summed E-state index contributed by atoms with van der Waals surface area (Å²) in [6.07, 6.45) is 0.260. The van der Waals surface area contributed by atoms with Crippen LogP contribution in [0.15, 0.2) is 47.2 Å². The zero-order valence-corrected chi connectivity index (χ0v) is 15.0. The fraction of sp³-hybridized carbons (Fsp3) is 0.211. The molecule has 0 aliphatic rings. The van der Waals surface area contributed by atoms with Gasteiger partial charge in [0.05, 0.1) is 25.5 Å². The normalized spacial score (nSPS) is 11.7. The molecule has 1 heterocycles. The number of esters is 1. The van der Waals surface area contributed by atoms with E-state index in [1.54, 1.807) is 30.3 Å². The highest BCUT2D eigenvalue weighted by Gasteiger charge is 2.21. The number of hydrogen-bond acceptors (Lipinski definition) is 7.